The number of hydrogen-bond donors (Lipinski definition) is 2. The van der Waals surface area contributed by atoms with Crippen LogP contribution in [0, 0.1) is 0 Å². The molecule has 100 valence electrons. The maximum atomic E-state index is 11.5. The van der Waals surface area contributed by atoms with Crippen molar-refractivity contribution in [3.05, 3.63) is 47.2 Å². The van der Waals surface area contributed by atoms with Crippen molar-refractivity contribution in [2.24, 2.45) is 0 Å². The zero-order chi connectivity index (χ0) is 13.7. The average molecular weight is 282 g/mol. The van der Waals surface area contributed by atoms with Crippen LogP contribution in [0.5, 0.6) is 11.5 Å². The van der Waals surface area contributed by atoms with Gasteiger partial charge in [0.1, 0.15) is 23.8 Å². The number of carbonyl (C=O) groups is 1. The second kappa shape index (κ2) is 6.26. The van der Waals surface area contributed by atoms with Crippen molar-refractivity contribution in [1.82, 2.24) is 4.98 Å². The average Bonchev–Trinajstić information content (AvgIpc) is 2.87. The van der Waals surface area contributed by atoms with Crippen molar-refractivity contribution in [2.45, 2.75) is 0 Å². The fourth-order valence-corrected chi connectivity index (χ4v) is 1.53. The minimum absolute atomic E-state index is 0.0365. The first-order valence-electron chi connectivity index (χ1n) is 5.59. The zero-order valence-electron chi connectivity index (χ0n) is 9.93. The second-order valence-electron chi connectivity index (χ2n) is 3.66. The van der Waals surface area contributed by atoms with Crippen molar-refractivity contribution in [3.8, 4) is 11.5 Å². The Morgan fingerprint density at radius 2 is 2.00 bits per heavy atom. The Morgan fingerprint density at radius 3 is 2.68 bits per heavy atom. The Labute approximate surface area is 114 Å². The van der Waals surface area contributed by atoms with Gasteiger partial charge >= 0.3 is 5.97 Å². The van der Waals surface area contributed by atoms with Gasteiger partial charge in [0.15, 0.2) is 0 Å². The van der Waals surface area contributed by atoms with Crippen LogP contribution in [0.3, 0.4) is 0 Å². The van der Waals surface area contributed by atoms with Gasteiger partial charge in [-0.2, -0.15) is 0 Å². The molecule has 0 aliphatic rings. The molecule has 0 atom stereocenters. The molecule has 6 heteroatoms. The maximum Gasteiger partial charge on any atom is 0.354 e. The highest BCUT2D eigenvalue weighted by Gasteiger charge is 2.10. The molecule has 1 aromatic carbocycles. The van der Waals surface area contributed by atoms with Gasteiger partial charge in [-0.15, -0.1) is 0 Å². The lowest BCUT2D eigenvalue weighted by Gasteiger charge is -2.02. The first-order valence-corrected chi connectivity index (χ1v) is 5.96. The normalized spacial score (nSPS) is 10.2. The summed E-state index contributed by atoms with van der Waals surface area (Å²) in [4.78, 5) is 14.2. The molecule has 0 aliphatic carbocycles. The van der Waals surface area contributed by atoms with Crippen molar-refractivity contribution >= 4 is 17.6 Å². The molecule has 0 saturated heterocycles. The number of H-pyrrole nitrogens is 1. The van der Waals surface area contributed by atoms with E-state index in [1.165, 1.54) is 6.07 Å². The Kier molecular flexibility index (Phi) is 4.43. The SMILES string of the molecule is O=C(OCCO)c1cc(Oc2ccc(Cl)cc2)c[nH]1. The summed E-state index contributed by atoms with van der Waals surface area (Å²) in [6.45, 7) is -0.244. The number of carbonyl (C=O) groups excluding carboxylic acids is 1. The largest absolute Gasteiger partial charge is 0.459 e. The number of aliphatic hydroxyl groups excluding tert-OH is 1. The van der Waals surface area contributed by atoms with E-state index in [-0.39, 0.29) is 18.9 Å². The van der Waals surface area contributed by atoms with Crippen LogP contribution in [0.1, 0.15) is 10.5 Å². The van der Waals surface area contributed by atoms with Gasteiger partial charge in [-0.05, 0) is 24.3 Å². The summed E-state index contributed by atoms with van der Waals surface area (Å²) in [7, 11) is 0. The van der Waals surface area contributed by atoms with Crippen LogP contribution in [0.25, 0.3) is 0 Å². The standard InChI is InChI=1S/C13H12ClNO4/c14-9-1-3-10(4-2-9)19-11-7-12(15-8-11)13(17)18-6-5-16/h1-4,7-8,15-16H,5-6H2. The van der Waals surface area contributed by atoms with Crippen molar-refractivity contribution in [3.63, 3.8) is 0 Å². The highest BCUT2D eigenvalue weighted by atomic mass is 35.5. The molecule has 0 spiro atoms. The third kappa shape index (κ3) is 3.74. The molecular formula is C13H12ClNO4. The Balaban J connectivity index is 2.01. The highest BCUT2D eigenvalue weighted by molar-refractivity contribution is 6.30. The topological polar surface area (TPSA) is 71.6 Å². The number of benzene rings is 1. The molecule has 0 saturated carbocycles. The van der Waals surface area contributed by atoms with Crippen molar-refractivity contribution in [2.75, 3.05) is 13.2 Å². The van der Waals surface area contributed by atoms with Crippen LogP contribution < -0.4 is 4.74 Å². The van der Waals surface area contributed by atoms with Crippen molar-refractivity contribution < 1.29 is 19.4 Å². The molecule has 19 heavy (non-hydrogen) atoms. The van der Waals surface area contributed by atoms with Gasteiger partial charge in [0.05, 0.1) is 6.61 Å². The fourth-order valence-electron chi connectivity index (χ4n) is 1.41. The van der Waals surface area contributed by atoms with E-state index in [4.69, 9.17) is 26.2 Å². The van der Waals surface area contributed by atoms with Crippen LogP contribution in [-0.2, 0) is 4.74 Å². The van der Waals surface area contributed by atoms with E-state index < -0.39 is 5.97 Å². The lowest BCUT2D eigenvalue weighted by molar-refractivity contribution is 0.0427. The van der Waals surface area contributed by atoms with E-state index in [1.54, 1.807) is 30.5 Å². The molecule has 5 nitrogen and oxygen atoms in total. The minimum Gasteiger partial charge on any atom is -0.459 e. The molecule has 2 rings (SSSR count). The summed E-state index contributed by atoms with van der Waals surface area (Å²) < 4.78 is 10.3. The van der Waals surface area contributed by atoms with Gasteiger partial charge in [-0.1, -0.05) is 11.6 Å². The van der Waals surface area contributed by atoms with Gasteiger partial charge in [-0.25, -0.2) is 4.79 Å². The van der Waals surface area contributed by atoms with E-state index >= 15 is 0 Å². The number of ether oxygens (including phenoxy) is 2. The second-order valence-corrected chi connectivity index (χ2v) is 4.10. The van der Waals surface area contributed by atoms with E-state index in [1.807, 2.05) is 0 Å². The Bertz CT molecular complexity index is 550. The first-order chi connectivity index (χ1) is 9.19. The van der Waals surface area contributed by atoms with E-state index in [2.05, 4.69) is 4.98 Å². The predicted molar refractivity (Wildman–Crippen MR) is 69.7 cm³/mol. The van der Waals surface area contributed by atoms with Crippen LogP contribution in [-0.4, -0.2) is 29.3 Å². The molecule has 1 heterocycles. The molecule has 2 N–H and O–H groups in total. The fraction of sp³-hybridized carbons (Fsp3) is 0.154. The van der Waals surface area contributed by atoms with E-state index in [0.717, 1.165) is 0 Å². The summed E-state index contributed by atoms with van der Waals surface area (Å²) in [5.74, 6) is 0.553. The maximum absolute atomic E-state index is 11.5. The molecular weight excluding hydrogens is 270 g/mol. The third-order valence-electron chi connectivity index (χ3n) is 2.25. The molecule has 1 aromatic heterocycles. The summed E-state index contributed by atoms with van der Waals surface area (Å²) in [5.41, 5.74) is 0.261. The van der Waals surface area contributed by atoms with Crippen LogP contribution >= 0.6 is 11.6 Å². The third-order valence-corrected chi connectivity index (χ3v) is 2.50. The molecule has 0 bridgehead atoms. The van der Waals surface area contributed by atoms with Crippen molar-refractivity contribution in [1.29, 1.82) is 0 Å². The predicted octanol–water partition coefficient (Wildman–Crippen LogP) is 2.61. The summed E-state index contributed by atoms with van der Waals surface area (Å²) in [6, 6.07) is 8.38. The van der Waals surface area contributed by atoms with E-state index in [9.17, 15) is 4.79 Å². The minimum atomic E-state index is -0.542. The van der Waals surface area contributed by atoms with Gasteiger partial charge in [-0.3, -0.25) is 0 Å². The number of aliphatic hydroxyl groups is 1. The zero-order valence-corrected chi connectivity index (χ0v) is 10.7. The van der Waals surface area contributed by atoms with Crippen LogP contribution in [0.15, 0.2) is 36.5 Å². The highest BCUT2D eigenvalue weighted by Crippen LogP contribution is 2.23. The molecule has 0 amide bonds. The summed E-state index contributed by atoms with van der Waals surface area (Å²) >= 11 is 5.77. The van der Waals surface area contributed by atoms with Gasteiger partial charge in [0.25, 0.3) is 0 Å². The van der Waals surface area contributed by atoms with Gasteiger partial charge < -0.3 is 19.6 Å². The number of aromatic amines is 1. The quantitative estimate of drug-likeness (QED) is 0.827. The number of nitrogens with one attached hydrogen (secondary N) is 1. The monoisotopic (exact) mass is 281 g/mol. The van der Waals surface area contributed by atoms with Gasteiger partial charge in [0, 0.05) is 17.3 Å². The molecule has 2 aromatic rings. The number of hydrogen-bond acceptors (Lipinski definition) is 4. The smallest absolute Gasteiger partial charge is 0.354 e. The summed E-state index contributed by atoms with van der Waals surface area (Å²) in [6.07, 6.45) is 1.55. The number of rotatable bonds is 5. The van der Waals surface area contributed by atoms with Crippen LogP contribution in [0.4, 0.5) is 0 Å². The van der Waals surface area contributed by atoms with Crippen LogP contribution in [0.2, 0.25) is 5.02 Å². The number of esters is 1. The molecule has 0 unspecified atom stereocenters. The lowest BCUT2D eigenvalue weighted by Crippen LogP contribution is -2.08. The van der Waals surface area contributed by atoms with Gasteiger partial charge in [0.2, 0.25) is 0 Å². The first kappa shape index (κ1) is 13.5. The molecule has 0 fully saturated rings. The molecule has 0 aliphatic heterocycles. The Morgan fingerprint density at radius 1 is 1.26 bits per heavy atom. The van der Waals surface area contributed by atoms with E-state index in [0.29, 0.717) is 16.5 Å². The Hall–Kier alpha value is -1.98. The molecule has 0 radical (unpaired) electrons. The summed E-state index contributed by atoms with van der Waals surface area (Å²) in [5, 5.41) is 9.18. The number of aromatic nitrogens is 1. The number of halogens is 1. The lowest BCUT2D eigenvalue weighted by atomic mass is 10.3.